The first-order valence-corrected chi connectivity index (χ1v) is 11.6. The number of benzene rings is 2. The SMILES string of the molecule is CC#Cc1cc(-c2nnc(-c3cccc4c3CCC4NCCN=O)s2)ccc1OC(C)C. The largest absolute Gasteiger partial charge is 0.490 e. The predicted molar refractivity (Wildman–Crippen MR) is 129 cm³/mol. The van der Waals surface area contributed by atoms with Crippen LogP contribution in [0.1, 0.15) is 49.9 Å². The molecule has 4 rings (SSSR count). The van der Waals surface area contributed by atoms with E-state index in [1.807, 2.05) is 39.0 Å². The molecule has 0 bridgehead atoms. The molecule has 164 valence electrons. The molecule has 2 aromatic carbocycles. The minimum atomic E-state index is 0.0829. The van der Waals surface area contributed by atoms with Crippen LogP contribution in [0, 0.1) is 16.7 Å². The normalized spacial score (nSPS) is 14.7. The van der Waals surface area contributed by atoms with Crippen molar-refractivity contribution in [2.75, 3.05) is 13.1 Å². The van der Waals surface area contributed by atoms with Gasteiger partial charge in [0.15, 0.2) is 0 Å². The Balaban J connectivity index is 1.62. The van der Waals surface area contributed by atoms with Crippen LogP contribution in [0.2, 0.25) is 0 Å². The van der Waals surface area contributed by atoms with E-state index in [0.29, 0.717) is 6.54 Å². The molecule has 1 heterocycles. The lowest BCUT2D eigenvalue weighted by molar-refractivity contribution is 0.242. The molecular weight excluding hydrogens is 420 g/mol. The molecule has 7 heteroatoms. The summed E-state index contributed by atoms with van der Waals surface area (Å²) >= 11 is 1.59. The second kappa shape index (κ2) is 10.0. The van der Waals surface area contributed by atoms with Gasteiger partial charge in [0, 0.05) is 23.7 Å². The highest BCUT2D eigenvalue weighted by Crippen LogP contribution is 2.40. The number of aromatic nitrogens is 2. The summed E-state index contributed by atoms with van der Waals surface area (Å²) in [5, 5.41) is 17.1. The van der Waals surface area contributed by atoms with Crippen LogP contribution in [-0.4, -0.2) is 29.4 Å². The van der Waals surface area contributed by atoms with Gasteiger partial charge in [-0.05, 0) is 62.9 Å². The Labute approximate surface area is 192 Å². The zero-order valence-corrected chi connectivity index (χ0v) is 19.3. The third kappa shape index (κ3) is 4.72. The maximum absolute atomic E-state index is 10.4. The van der Waals surface area contributed by atoms with Crippen LogP contribution in [0.3, 0.4) is 0 Å². The lowest BCUT2D eigenvalue weighted by atomic mass is 10.0. The highest BCUT2D eigenvalue weighted by Gasteiger charge is 2.25. The minimum Gasteiger partial charge on any atom is -0.490 e. The van der Waals surface area contributed by atoms with Crippen molar-refractivity contribution in [3.63, 3.8) is 0 Å². The molecule has 0 saturated carbocycles. The Morgan fingerprint density at radius 1 is 1.25 bits per heavy atom. The monoisotopic (exact) mass is 446 g/mol. The summed E-state index contributed by atoms with van der Waals surface area (Å²) in [6.45, 7) is 6.72. The number of nitroso groups, excluding NO2 is 1. The number of nitrogens with one attached hydrogen (secondary N) is 1. The zero-order valence-electron chi connectivity index (χ0n) is 18.5. The van der Waals surface area contributed by atoms with E-state index >= 15 is 0 Å². The quantitative estimate of drug-likeness (QED) is 0.286. The summed E-state index contributed by atoms with van der Waals surface area (Å²) in [7, 11) is 0. The van der Waals surface area contributed by atoms with Gasteiger partial charge in [-0.1, -0.05) is 40.6 Å². The van der Waals surface area contributed by atoms with Gasteiger partial charge in [0.2, 0.25) is 0 Å². The highest BCUT2D eigenvalue weighted by molar-refractivity contribution is 7.17. The number of hydrogen-bond donors (Lipinski definition) is 1. The second-order valence-corrected chi connectivity index (χ2v) is 8.91. The third-order valence-corrected chi connectivity index (χ3v) is 6.37. The molecule has 0 spiro atoms. The molecule has 1 aliphatic rings. The van der Waals surface area contributed by atoms with E-state index < -0.39 is 0 Å². The fourth-order valence-electron chi connectivity index (χ4n) is 4.05. The molecule has 1 unspecified atom stereocenters. The minimum absolute atomic E-state index is 0.0829. The standard InChI is InChI=1S/C25H26N4O2S/c1-4-6-17-15-18(9-12-23(17)31-16(2)3)24-28-29-25(32-24)21-8-5-7-20-19(21)10-11-22(20)26-13-14-27-30/h5,7-9,12,15-16,22,26H,10-11,13-14H2,1-3H3. The van der Waals surface area contributed by atoms with Crippen LogP contribution in [-0.2, 0) is 6.42 Å². The van der Waals surface area contributed by atoms with Crippen LogP contribution < -0.4 is 10.1 Å². The van der Waals surface area contributed by atoms with Crippen LogP contribution in [0.15, 0.2) is 41.6 Å². The molecule has 1 aromatic heterocycles. The second-order valence-electron chi connectivity index (χ2n) is 7.94. The zero-order chi connectivity index (χ0) is 22.5. The number of rotatable bonds is 8. The Morgan fingerprint density at radius 2 is 2.09 bits per heavy atom. The lowest BCUT2D eigenvalue weighted by Crippen LogP contribution is -2.22. The first-order valence-electron chi connectivity index (χ1n) is 10.8. The van der Waals surface area contributed by atoms with E-state index in [1.165, 1.54) is 11.1 Å². The van der Waals surface area contributed by atoms with Gasteiger partial charge in [-0.25, -0.2) is 0 Å². The summed E-state index contributed by atoms with van der Waals surface area (Å²) in [4.78, 5) is 10.4. The van der Waals surface area contributed by atoms with Gasteiger partial charge < -0.3 is 10.1 Å². The molecule has 32 heavy (non-hydrogen) atoms. The molecule has 0 saturated heterocycles. The van der Waals surface area contributed by atoms with Gasteiger partial charge in [0.1, 0.15) is 15.8 Å². The van der Waals surface area contributed by atoms with Gasteiger partial charge in [-0.15, -0.1) is 16.1 Å². The third-order valence-electron chi connectivity index (χ3n) is 5.37. The highest BCUT2D eigenvalue weighted by atomic mass is 32.1. The molecule has 1 aliphatic carbocycles. The average molecular weight is 447 g/mol. The average Bonchev–Trinajstić information content (AvgIpc) is 3.43. The number of ether oxygens (including phenoxy) is 1. The van der Waals surface area contributed by atoms with Gasteiger partial charge in [-0.2, -0.15) is 4.91 Å². The maximum Gasteiger partial charge on any atom is 0.148 e. The van der Waals surface area contributed by atoms with Gasteiger partial charge in [-0.3, -0.25) is 0 Å². The van der Waals surface area contributed by atoms with E-state index in [2.05, 4.69) is 50.7 Å². The lowest BCUT2D eigenvalue weighted by Gasteiger charge is -2.13. The van der Waals surface area contributed by atoms with Crippen molar-refractivity contribution in [3.05, 3.63) is 58.0 Å². The molecule has 0 amide bonds. The van der Waals surface area contributed by atoms with Gasteiger partial charge >= 0.3 is 0 Å². The number of fused-ring (bicyclic) bond motifs is 1. The first-order chi connectivity index (χ1) is 15.6. The molecule has 0 aliphatic heterocycles. The van der Waals surface area contributed by atoms with Crippen molar-refractivity contribution < 1.29 is 4.74 Å². The molecule has 6 nitrogen and oxygen atoms in total. The molecule has 1 atom stereocenters. The summed E-state index contributed by atoms with van der Waals surface area (Å²) in [6.07, 6.45) is 2.07. The smallest absolute Gasteiger partial charge is 0.148 e. The van der Waals surface area contributed by atoms with Crippen LogP contribution >= 0.6 is 11.3 Å². The van der Waals surface area contributed by atoms with Crippen LogP contribution in [0.5, 0.6) is 5.75 Å². The molecule has 3 aromatic rings. The number of hydrogen-bond acceptors (Lipinski definition) is 7. The van der Waals surface area contributed by atoms with E-state index in [0.717, 1.165) is 45.3 Å². The van der Waals surface area contributed by atoms with Gasteiger partial charge in [0.25, 0.3) is 0 Å². The summed E-state index contributed by atoms with van der Waals surface area (Å²) in [5.74, 6) is 6.89. The predicted octanol–water partition coefficient (Wildman–Crippen LogP) is 5.37. The van der Waals surface area contributed by atoms with Crippen molar-refractivity contribution in [1.29, 1.82) is 0 Å². The topological polar surface area (TPSA) is 76.5 Å². The first kappa shape index (κ1) is 22.1. The van der Waals surface area contributed by atoms with Crippen molar-refractivity contribution in [3.8, 4) is 38.7 Å². The summed E-state index contributed by atoms with van der Waals surface area (Å²) < 4.78 is 5.89. The Bertz CT molecular complexity index is 1180. The van der Waals surface area contributed by atoms with Crippen molar-refractivity contribution in [2.24, 2.45) is 5.18 Å². The van der Waals surface area contributed by atoms with Gasteiger partial charge in [0.05, 0.1) is 18.2 Å². The van der Waals surface area contributed by atoms with Crippen LogP contribution in [0.25, 0.3) is 21.1 Å². The molecular formula is C25H26N4O2S. The van der Waals surface area contributed by atoms with Crippen molar-refractivity contribution in [1.82, 2.24) is 15.5 Å². The summed E-state index contributed by atoms with van der Waals surface area (Å²) in [6, 6.07) is 12.6. The van der Waals surface area contributed by atoms with E-state index in [4.69, 9.17) is 4.74 Å². The molecule has 0 radical (unpaired) electrons. The fourth-order valence-corrected chi connectivity index (χ4v) is 4.94. The fraction of sp³-hybridized carbons (Fsp3) is 0.360. The van der Waals surface area contributed by atoms with E-state index in [1.54, 1.807) is 11.3 Å². The summed E-state index contributed by atoms with van der Waals surface area (Å²) in [5.41, 5.74) is 5.56. The number of nitrogens with zero attached hydrogens (tertiary/aromatic N) is 3. The maximum atomic E-state index is 10.4. The Kier molecular flexibility index (Phi) is 6.93. The Morgan fingerprint density at radius 3 is 2.88 bits per heavy atom. The molecule has 0 fully saturated rings. The van der Waals surface area contributed by atoms with Crippen molar-refractivity contribution in [2.45, 2.75) is 45.8 Å². The van der Waals surface area contributed by atoms with Crippen molar-refractivity contribution >= 4 is 11.3 Å². The van der Waals surface area contributed by atoms with E-state index in [-0.39, 0.29) is 18.7 Å². The molecule has 1 N–H and O–H groups in total. The van der Waals surface area contributed by atoms with E-state index in [9.17, 15) is 4.91 Å². The van der Waals surface area contributed by atoms with Crippen LogP contribution in [0.4, 0.5) is 0 Å². The Hall–Kier alpha value is -3.08.